The molecular formula is C8H17NO4. The van der Waals surface area contributed by atoms with Crippen LogP contribution in [-0.4, -0.2) is 49.1 Å². The van der Waals surface area contributed by atoms with Gasteiger partial charge in [-0.15, -0.1) is 0 Å². The van der Waals surface area contributed by atoms with Crippen molar-refractivity contribution < 1.29 is 19.7 Å². The highest BCUT2D eigenvalue weighted by atomic mass is 16.5. The van der Waals surface area contributed by atoms with Crippen LogP contribution in [0.1, 0.15) is 12.8 Å². The molecule has 0 saturated heterocycles. The van der Waals surface area contributed by atoms with Gasteiger partial charge in [0, 0.05) is 26.6 Å². The van der Waals surface area contributed by atoms with E-state index in [1.54, 1.807) is 7.11 Å². The number of carbonyl (C=O) groups is 1. The molecule has 0 spiro atoms. The van der Waals surface area contributed by atoms with Gasteiger partial charge in [-0.25, -0.2) is 0 Å². The largest absolute Gasteiger partial charge is 0.481 e. The molecule has 0 rings (SSSR count). The molecule has 5 heteroatoms. The summed E-state index contributed by atoms with van der Waals surface area (Å²) in [5.74, 6) is -0.879. The summed E-state index contributed by atoms with van der Waals surface area (Å²) >= 11 is 0. The molecule has 0 radical (unpaired) electrons. The average molecular weight is 191 g/mol. The third-order valence-electron chi connectivity index (χ3n) is 1.55. The Morgan fingerprint density at radius 2 is 2.31 bits per heavy atom. The molecule has 0 bridgehead atoms. The fraction of sp³-hybridized carbons (Fsp3) is 0.875. The molecular weight excluding hydrogens is 174 g/mol. The minimum absolute atomic E-state index is 0.00707. The van der Waals surface area contributed by atoms with Crippen molar-refractivity contribution >= 4 is 5.97 Å². The lowest BCUT2D eigenvalue weighted by molar-refractivity contribution is -0.137. The number of aliphatic hydroxyl groups excluding tert-OH is 1. The first-order valence-electron chi connectivity index (χ1n) is 4.26. The molecule has 0 fully saturated rings. The Bertz CT molecular complexity index is 140. The van der Waals surface area contributed by atoms with Gasteiger partial charge in [-0.2, -0.15) is 0 Å². The number of hydrogen-bond donors (Lipinski definition) is 3. The lowest BCUT2D eigenvalue weighted by Gasteiger charge is -2.09. The fourth-order valence-corrected chi connectivity index (χ4v) is 0.835. The molecule has 3 N–H and O–H groups in total. The lowest BCUT2D eigenvalue weighted by Crippen LogP contribution is -2.29. The highest BCUT2D eigenvalue weighted by molar-refractivity contribution is 5.66. The van der Waals surface area contributed by atoms with Crippen LogP contribution in [0.4, 0.5) is 0 Å². The van der Waals surface area contributed by atoms with Gasteiger partial charge < -0.3 is 20.3 Å². The molecule has 1 atom stereocenters. The second-order valence-electron chi connectivity index (χ2n) is 2.78. The number of aliphatic carboxylic acids is 1. The maximum Gasteiger partial charge on any atom is 0.303 e. The molecule has 78 valence electrons. The van der Waals surface area contributed by atoms with E-state index in [0.717, 1.165) is 0 Å². The minimum atomic E-state index is -0.879. The van der Waals surface area contributed by atoms with Crippen LogP contribution in [0.3, 0.4) is 0 Å². The molecule has 0 aromatic carbocycles. The third-order valence-corrected chi connectivity index (χ3v) is 1.55. The van der Waals surface area contributed by atoms with Gasteiger partial charge in [-0.3, -0.25) is 4.79 Å². The molecule has 0 aromatic rings. The number of aliphatic hydroxyl groups is 1. The number of rotatable bonds is 8. The Kier molecular flexibility index (Phi) is 7.57. The molecule has 0 saturated carbocycles. The molecule has 13 heavy (non-hydrogen) atoms. The van der Waals surface area contributed by atoms with E-state index in [4.69, 9.17) is 9.84 Å². The van der Waals surface area contributed by atoms with Crippen molar-refractivity contribution in [3.8, 4) is 0 Å². The quantitative estimate of drug-likeness (QED) is 0.448. The Balaban J connectivity index is 3.19. The monoisotopic (exact) mass is 191 g/mol. The van der Waals surface area contributed by atoms with Crippen molar-refractivity contribution in [1.29, 1.82) is 0 Å². The van der Waals surface area contributed by atoms with Gasteiger partial charge in [0.15, 0.2) is 0 Å². The van der Waals surface area contributed by atoms with Crippen LogP contribution in [0, 0.1) is 0 Å². The van der Waals surface area contributed by atoms with Crippen LogP contribution in [0.15, 0.2) is 0 Å². The maximum absolute atomic E-state index is 10.1. The summed E-state index contributed by atoms with van der Waals surface area (Å²) < 4.78 is 4.78. The number of nitrogens with one attached hydrogen (secondary N) is 1. The first-order chi connectivity index (χ1) is 6.16. The smallest absolute Gasteiger partial charge is 0.303 e. The Morgan fingerprint density at radius 3 is 2.85 bits per heavy atom. The van der Waals surface area contributed by atoms with Crippen molar-refractivity contribution in [2.75, 3.05) is 26.8 Å². The standard InChI is InChI=1S/C8H17NO4/c1-13-5-4-9-6-7(10)2-3-8(11)12/h7,9-10H,2-6H2,1H3,(H,11,12). The van der Waals surface area contributed by atoms with Crippen molar-refractivity contribution in [2.45, 2.75) is 18.9 Å². The van der Waals surface area contributed by atoms with Crippen molar-refractivity contribution in [1.82, 2.24) is 5.32 Å². The zero-order chi connectivity index (χ0) is 10.1. The van der Waals surface area contributed by atoms with Crippen LogP contribution in [-0.2, 0) is 9.53 Å². The van der Waals surface area contributed by atoms with Crippen LogP contribution in [0.2, 0.25) is 0 Å². The summed E-state index contributed by atoms with van der Waals surface area (Å²) in [7, 11) is 1.60. The predicted octanol–water partition coefficient (Wildman–Crippen LogP) is -0.552. The maximum atomic E-state index is 10.1. The van der Waals surface area contributed by atoms with Gasteiger partial charge in [-0.05, 0) is 6.42 Å². The van der Waals surface area contributed by atoms with Crippen LogP contribution in [0.5, 0.6) is 0 Å². The second kappa shape index (κ2) is 7.97. The predicted molar refractivity (Wildman–Crippen MR) is 47.6 cm³/mol. The fourth-order valence-electron chi connectivity index (χ4n) is 0.835. The SMILES string of the molecule is COCCNCC(O)CCC(=O)O. The van der Waals surface area contributed by atoms with E-state index in [1.807, 2.05) is 0 Å². The third kappa shape index (κ3) is 9.26. The summed E-state index contributed by atoms with van der Waals surface area (Å²) in [4.78, 5) is 10.1. The van der Waals surface area contributed by atoms with Crippen LogP contribution >= 0.6 is 0 Å². The summed E-state index contributed by atoms with van der Waals surface area (Å²) in [5, 5.41) is 20.5. The van der Waals surface area contributed by atoms with Gasteiger partial charge >= 0.3 is 5.97 Å². The van der Waals surface area contributed by atoms with E-state index in [2.05, 4.69) is 5.32 Å². The summed E-state index contributed by atoms with van der Waals surface area (Å²) in [6.45, 7) is 1.67. The zero-order valence-corrected chi connectivity index (χ0v) is 7.82. The van der Waals surface area contributed by atoms with E-state index in [1.165, 1.54) is 0 Å². The van der Waals surface area contributed by atoms with Crippen molar-refractivity contribution in [3.05, 3.63) is 0 Å². The first kappa shape index (κ1) is 12.3. The molecule has 0 aromatic heterocycles. The van der Waals surface area contributed by atoms with Gasteiger partial charge in [0.25, 0.3) is 0 Å². The molecule has 0 aliphatic heterocycles. The zero-order valence-electron chi connectivity index (χ0n) is 7.82. The van der Waals surface area contributed by atoms with Crippen LogP contribution < -0.4 is 5.32 Å². The number of hydrogen-bond acceptors (Lipinski definition) is 4. The highest BCUT2D eigenvalue weighted by Crippen LogP contribution is 1.95. The van der Waals surface area contributed by atoms with E-state index >= 15 is 0 Å². The molecule has 5 nitrogen and oxygen atoms in total. The Labute approximate surface area is 77.7 Å². The van der Waals surface area contributed by atoms with Crippen molar-refractivity contribution in [2.24, 2.45) is 0 Å². The van der Waals surface area contributed by atoms with Gasteiger partial charge in [0.2, 0.25) is 0 Å². The van der Waals surface area contributed by atoms with E-state index < -0.39 is 12.1 Å². The number of methoxy groups -OCH3 is 1. The van der Waals surface area contributed by atoms with Crippen LogP contribution in [0.25, 0.3) is 0 Å². The Hall–Kier alpha value is -0.650. The summed E-state index contributed by atoms with van der Waals surface area (Å²) in [5.41, 5.74) is 0. The molecule has 0 heterocycles. The molecule has 0 aliphatic carbocycles. The van der Waals surface area contributed by atoms with E-state index in [0.29, 0.717) is 19.7 Å². The highest BCUT2D eigenvalue weighted by Gasteiger charge is 2.05. The summed E-state index contributed by atoms with van der Waals surface area (Å²) in [6.07, 6.45) is -0.296. The average Bonchev–Trinajstić information content (AvgIpc) is 2.09. The first-order valence-corrected chi connectivity index (χ1v) is 4.26. The normalized spacial score (nSPS) is 12.8. The number of ether oxygens (including phenoxy) is 1. The number of carboxylic acid groups (broad SMARTS) is 1. The topological polar surface area (TPSA) is 78.8 Å². The van der Waals surface area contributed by atoms with Gasteiger partial charge in [-0.1, -0.05) is 0 Å². The Morgan fingerprint density at radius 1 is 1.62 bits per heavy atom. The summed E-state index contributed by atoms with van der Waals surface area (Å²) in [6, 6.07) is 0. The van der Waals surface area contributed by atoms with Crippen molar-refractivity contribution in [3.63, 3.8) is 0 Å². The second-order valence-corrected chi connectivity index (χ2v) is 2.78. The molecule has 1 unspecified atom stereocenters. The van der Waals surface area contributed by atoms with E-state index in [9.17, 15) is 9.90 Å². The lowest BCUT2D eigenvalue weighted by atomic mass is 10.2. The minimum Gasteiger partial charge on any atom is -0.481 e. The van der Waals surface area contributed by atoms with E-state index in [-0.39, 0.29) is 12.8 Å². The molecule has 0 amide bonds. The van der Waals surface area contributed by atoms with Gasteiger partial charge in [0.1, 0.15) is 0 Å². The molecule has 0 aliphatic rings. The van der Waals surface area contributed by atoms with Gasteiger partial charge in [0.05, 0.1) is 12.7 Å². The number of carboxylic acids is 1.